The first-order valence-corrected chi connectivity index (χ1v) is 7.75. The molecule has 1 saturated carbocycles. The molecule has 5 heteroatoms. The van der Waals surface area contributed by atoms with Crippen LogP contribution in [0.4, 0.5) is 4.79 Å². The van der Waals surface area contributed by atoms with Crippen molar-refractivity contribution in [3.05, 3.63) is 16.1 Å². The molecule has 1 heterocycles. The van der Waals surface area contributed by atoms with E-state index in [1.165, 1.54) is 9.88 Å². The molecule has 0 spiro atoms. The van der Waals surface area contributed by atoms with Crippen LogP contribution in [0.3, 0.4) is 0 Å². The smallest absolute Gasteiger partial charge is 0.407 e. The molecule has 0 radical (unpaired) electrons. The largest absolute Gasteiger partial charge is 0.447 e. The Labute approximate surface area is 118 Å². The van der Waals surface area contributed by atoms with E-state index in [9.17, 15) is 4.79 Å². The van der Waals surface area contributed by atoms with Gasteiger partial charge in [0.15, 0.2) is 0 Å². The number of carbonyl (C=O) groups excluding carboxylic acids is 1. The lowest BCUT2D eigenvalue weighted by Crippen LogP contribution is -2.38. The van der Waals surface area contributed by atoms with Crippen molar-refractivity contribution in [3.8, 4) is 0 Å². The van der Waals surface area contributed by atoms with Crippen LogP contribution in [0.15, 0.2) is 6.20 Å². The van der Waals surface area contributed by atoms with Gasteiger partial charge in [-0.15, -0.1) is 11.3 Å². The Bertz CT molecular complexity index is 423. The van der Waals surface area contributed by atoms with Gasteiger partial charge in [0.05, 0.1) is 11.1 Å². The van der Waals surface area contributed by atoms with Gasteiger partial charge in [0.1, 0.15) is 0 Å². The van der Waals surface area contributed by atoms with Crippen LogP contribution in [-0.2, 0) is 4.74 Å². The zero-order valence-electron chi connectivity index (χ0n) is 11.8. The van der Waals surface area contributed by atoms with Crippen LogP contribution in [-0.4, -0.2) is 23.2 Å². The van der Waals surface area contributed by atoms with Gasteiger partial charge < -0.3 is 10.1 Å². The van der Waals surface area contributed by atoms with Gasteiger partial charge in [-0.25, -0.2) is 9.78 Å². The number of nitrogens with zero attached hydrogens (tertiary/aromatic N) is 1. The molecule has 1 fully saturated rings. The molecule has 0 aliphatic heterocycles. The van der Waals surface area contributed by atoms with Gasteiger partial charge in [-0.1, -0.05) is 0 Å². The Kier molecular flexibility index (Phi) is 4.80. The highest BCUT2D eigenvalue weighted by Crippen LogP contribution is 2.34. The van der Waals surface area contributed by atoms with Crippen molar-refractivity contribution >= 4 is 17.4 Å². The summed E-state index contributed by atoms with van der Waals surface area (Å²) in [5, 5.41) is 4.20. The molecule has 1 aromatic heterocycles. The number of hydrogen-bond donors (Lipinski definition) is 1. The predicted octanol–water partition coefficient (Wildman–Crippen LogP) is 3.61. The summed E-state index contributed by atoms with van der Waals surface area (Å²) in [6.45, 7) is 5.82. The van der Waals surface area contributed by atoms with E-state index in [2.05, 4.69) is 17.2 Å². The highest BCUT2D eigenvalue weighted by Gasteiger charge is 2.25. The van der Waals surface area contributed by atoms with E-state index in [0.29, 0.717) is 5.92 Å². The van der Waals surface area contributed by atoms with Crippen molar-refractivity contribution in [2.45, 2.75) is 64.5 Å². The number of hydrogen-bond acceptors (Lipinski definition) is 4. The van der Waals surface area contributed by atoms with Crippen molar-refractivity contribution in [2.24, 2.45) is 0 Å². The monoisotopic (exact) mass is 282 g/mol. The molecule has 1 aliphatic rings. The average Bonchev–Trinajstić information content (AvgIpc) is 2.75. The van der Waals surface area contributed by atoms with E-state index in [1.54, 1.807) is 11.3 Å². The molecule has 1 N–H and O–H groups in total. The summed E-state index contributed by atoms with van der Waals surface area (Å²) < 4.78 is 5.11. The highest BCUT2D eigenvalue weighted by atomic mass is 32.1. The number of rotatable bonds is 3. The zero-order valence-corrected chi connectivity index (χ0v) is 12.6. The lowest BCUT2D eigenvalue weighted by Gasteiger charge is -2.28. The van der Waals surface area contributed by atoms with Gasteiger partial charge in [-0.3, -0.25) is 0 Å². The third-order valence-corrected chi connectivity index (χ3v) is 4.46. The maximum Gasteiger partial charge on any atom is 0.407 e. The zero-order chi connectivity index (χ0) is 13.8. The first-order valence-electron chi connectivity index (χ1n) is 6.94. The minimum Gasteiger partial charge on any atom is -0.447 e. The Morgan fingerprint density at radius 3 is 2.63 bits per heavy atom. The van der Waals surface area contributed by atoms with Gasteiger partial charge in [-0.05, 0) is 46.5 Å². The summed E-state index contributed by atoms with van der Waals surface area (Å²) in [7, 11) is 0. The second kappa shape index (κ2) is 6.37. The van der Waals surface area contributed by atoms with Gasteiger partial charge in [0.25, 0.3) is 0 Å². The van der Waals surface area contributed by atoms with Gasteiger partial charge in [-0.2, -0.15) is 0 Å². The fourth-order valence-electron chi connectivity index (χ4n) is 2.46. The molecule has 1 aliphatic carbocycles. The molecule has 2 rings (SSSR count). The van der Waals surface area contributed by atoms with E-state index in [-0.39, 0.29) is 18.2 Å². The number of amides is 1. The molecule has 0 bridgehead atoms. The van der Waals surface area contributed by atoms with Gasteiger partial charge >= 0.3 is 6.09 Å². The van der Waals surface area contributed by atoms with Crippen molar-refractivity contribution in [2.75, 3.05) is 0 Å². The van der Waals surface area contributed by atoms with Crippen LogP contribution in [0.5, 0.6) is 0 Å². The maximum atomic E-state index is 11.5. The predicted molar refractivity (Wildman–Crippen MR) is 76.6 cm³/mol. The van der Waals surface area contributed by atoms with Crippen molar-refractivity contribution in [3.63, 3.8) is 0 Å². The van der Waals surface area contributed by atoms with E-state index < -0.39 is 0 Å². The maximum absolute atomic E-state index is 11.5. The molecule has 0 atom stereocenters. The summed E-state index contributed by atoms with van der Waals surface area (Å²) >= 11 is 1.79. The summed E-state index contributed by atoms with van der Waals surface area (Å²) in [5.74, 6) is 0.567. The minimum absolute atomic E-state index is 0.0605. The van der Waals surface area contributed by atoms with Crippen molar-refractivity contribution in [1.82, 2.24) is 10.3 Å². The Morgan fingerprint density at radius 1 is 1.42 bits per heavy atom. The number of carbonyl (C=O) groups is 1. The average molecular weight is 282 g/mol. The normalized spacial score (nSPS) is 23.4. The van der Waals surface area contributed by atoms with Crippen LogP contribution in [0.1, 0.15) is 55.3 Å². The van der Waals surface area contributed by atoms with Gasteiger partial charge in [0.2, 0.25) is 0 Å². The third kappa shape index (κ3) is 4.20. The quantitative estimate of drug-likeness (QED) is 0.921. The van der Waals surface area contributed by atoms with Crippen LogP contribution in [0.2, 0.25) is 0 Å². The number of ether oxygens (including phenoxy) is 1. The first kappa shape index (κ1) is 14.3. The topological polar surface area (TPSA) is 51.2 Å². The highest BCUT2D eigenvalue weighted by molar-refractivity contribution is 7.11. The van der Waals surface area contributed by atoms with Crippen LogP contribution < -0.4 is 5.32 Å². The summed E-state index contributed by atoms with van der Waals surface area (Å²) in [4.78, 5) is 17.3. The van der Waals surface area contributed by atoms with E-state index >= 15 is 0 Å². The molecule has 0 saturated heterocycles. The molecular weight excluding hydrogens is 260 g/mol. The van der Waals surface area contributed by atoms with Crippen molar-refractivity contribution < 1.29 is 9.53 Å². The summed E-state index contributed by atoms with van der Waals surface area (Å²) in [6, 6.07) is 0.253. The SMILES string of the molecule is Cc1cnc(C2CCC(NC(=O)OC(C)C)CC2)s1. The van der Waals surface area contributed by atoms with Crippen LogP contribution >= 0.6 is 11.3 Å². The molecule has 1 amide bonds. The Morgan fingerprint density at radius 2 is 2.11 bits per heavy atom. The number of thiazole rings is 1. The molecule has 1 aromatic rings. The Balaban J connectivity index is 1.78. The standard InChI is InChI=1S/C14H22N2O2S/c1-9(2)18-14(17)16-12-6-4-11(5-7-12)13-15-8-10(3)19-13/h8-9,11-12H,4-7H2,1-3H3,(H,16,17). The molecule has 106 valence electrons. The van der Waals surface area contributed by atoms with Crippen LogP contribution in [0.25, 0.3) is 0 Å². The third-order valence-electron chi connectivity index (χ3n) is 3.38. The number of aryl methyl sites for hydroxylation is 1. The molecular formula is C14H22N2O2S. The van der Waals surface area contributed by atoms with E-state index in [4.69, 9.17) is 4.74 Å². The molecule has 0 unspecified atom stereocenters. The number of alkyl carbamates (subject to hydrolysis) is 1. The number of nitrogens with one attached hydrogen (secondary N) is 1. The molecule has 4 nitrogen and oxygen atoms in total. The van der Waals surface area contributed by atoms with E-state index in [0.717, 1.165) is 25.7 Å². The second-order valence-corrected chi connectivity index (χ2v) is 6.72. The number of aromatic nitrogens is 1. The fraction of sp³-hybridized carbons (Fsp3) is 0.714. The minimum atomic E-state index is -0.288. The summed E-state index contributed by atoms with van der Waals surface area (Å²) in [6.07, 6.45) is 5.81. The Hall–Kier alpha value is -1.10. The molecule has 19 heavy (non-hydrogen) atoms. The lowest BCUT2D eigenvalue weighted by molar-refractivity contribution is 0.109. The summed E-state index contributed by atoms with van der Waals surface area (Å²) in [5.41, 5.74) is 0. The van der Waals surface area contributed by atoms with E-state index in [1.807, 2.05) is 20.0 Å². The lowest BCUT2D eigenvalue weighted by atomic mass is 9.86. The fourth-order valence-corrected chi connectivity index (χ4v) is 3.40. The molecule has 0 aromatic carbocycles. The first-order chi connectivity index (χ1) is 9.04. The van der Waals surface area contributed by atoms with Crippen molar-refractivity contribution in [1.29, 1.82) is 0 Å². The second-order valence-electron chi connectivity index (χ2n) is 5.46. The van der Waals surface area contributed by atoms with Gasteiger partial charge in [0, 0.05) is 23.0 Å². The van der Waals surface area contributed by atoms with Crippen LogP contribution in [0, 0.1) is 6.92 Å².